The van der Waals surface area contributed by atoms with Gasteiger partial charge < -0.3 is 19.9 Å². The number of hydrogen-bond donors (Lipinski definition) is 2. The van der Waals surface area contributed by atoms with Crippen molar-refractivity contribution in [2.45, 2.75) is 70.6 Å². The number of carbonyl (C=O) groups excluding carboxylic acids is 1. The molecule has 1 aromatic carbocycles. The summed E-state index contributed by atoms with van der Waals surface area (Å²) in [4.78, 5) is 12.2. The van der Waals surface area contributed by atoms with Crippen LogP contribution < -0.4 is 14.8 Å². The lowest BCUT2D eigenvalue weighted by Crippen LogP contribution is -2.40. The molecule has 25 heavy (non-hydrogen) atoms. The molecule has 0 unspecified atom stereocenters. The van der Waals surface area contributed by atoms with Crippen molar-refractivity contribution in [1.82, 2.24) is 5.32 Å². The highest BCUT2D eigenvalue weighted by atomic mass is 16.5. The molecule has 0 radical (unpaired) electrons. The van der Waals surface area contributed by atoms with Gasteiger partial charge in [-0.3, -0.25) is 4.79 Å². The summed E-state index contributed by atoms with van der Waals surface area (Å²) in [7, 11) is 0. The van der Waals surface area contributed by atoms with Crippen LogP contribution in [-0.2, 0) is 4.79 Å². The number of hydrogen-bond acceptors (Lipinski definition) is 4. The fourth-order valence-electron chi connectivity index (χ4n) is 3.79. The summed E-state index contributed by atoms with van der Waals surface area (Å²) in [5.74, 6) is 1.80. The predicted molar refractivity (Wildman–Crippen MR) is 95.8 cm³/mol. The van der Waals surface area contributed by atoms with Crippen LogP contribution in [-0.4, -0.2) is 29.3 Å². The molecule has 0 spiro atoms. The van der Waals surface area contributed by atoms with Gasteiger partial charge in [0.2, 0.25) is 0 Å². The second-order valence-corrected chi connectivity index (χ2v) is 8.06. The number of aliphatic hydroxyl groups is 1. The summed E-state index contributed by atoms with van der Waals surface area (Å²) in [6.45, 7) is 6.11. The van der Waals surface area contributed by atoms with Crippen LogP contribution in [0.1, 0.15) is 64.5 Å². The van der Waals surface area contributed by atoms with Crippen LogP contribution in [0.2, 0.25) is 0 Å². The molecular formula is C20H29NO4. The Balaban J connectivity index is 1.60. The Kier molecular flexibility index (Phi) is 5.23. The predicted octanol–water partition coefficient (Wildman–Crippen LogP) is 3.35. The number of amides is 1. The topological polar surface area (TPSA) is 67.8 Å². The standard InChI is InChI=1S/C20H29NO4/c1-13-7-9-14(10-8-13)21-18(23)12-24-16-5-4-6-17-19(16)15(22)11-20(2,3)25-17/h4-6,13-15,22H,7-12H2,1-3H3,(H,21,23)/t13?,14?,15-/m0/s1. The SMILES string of the molecule is CC1CCC(NC(=O)COc2cccc3c2[C@@H](O)CC(C)(C)O3)CC1. The molecule has 0 aromatic heterocycles. The van der Waals surface area contributed by atoms with Crippen LogP contribution in [0.5, 0.6) is 11.5 Å². The molecule has 2 aliphatic rings. The molecule has 1 saturated carbocycles. The van der Waals surface area contributed by atoms with Crippen LogP contribution >= 0.6 is 0 Å². The maximum atomic E-state index is 12.2. The molecule has 1 aliphatic heterocycles. The van der Waals surface area contributed by atoms with Gasteiger partial charge >= 0.3 is 0 Å². The molecule has 5 heteroatoms. The average molecular weight is 347 g/mol. The maximum Gasteiger partial charge on any atom is 0.258 e. The van der Waals surface area contributed by atoms with Crippen molar-refractivity contribution in [2.75, 3.05) is 6.61 Å². The van der Waals surface area contributed by atoms with Crippen LogP contribution in [0.15, 0.2) is 18.2 Å². The Morgan fingerprint density at radius 2 is 2.04 bits per heavy atom. The van der Waals surface area contributed by atoms with Gasteiger partial charge in [-0.1, -0.05) is 13.0 Å². The normalized spacial score (nSPS) is 27.8. The van der Waals surface area contributed by atoms with Gasteiger partial charge in [0.1, 0.15) is 17.1 Å². The zero-order valence-corrected chi connectivity index (χ0v) is 15.4. The van der Waals surface area contributed by atoms with E-state index in [0.717, 1.165) is 31.6 Å². The molecule has 1 fully saturated rings. The van der Waals surface area contributed by atoms with E-state index < -0.39 is 11.7 Å². The average Bonchev–Trinajstić information content (AvgIpc) is 2.53. The number of nitrogens with one attached hydrogen (secondary N) is 1. The number of carbonyl (C=O) groups is 1. The molecule has 0 saturated heterocycles. The number of aliphatic hydroxyl groups excluding tert-OH is 1. The highest BCUT2D eigenvalue weighted by Crippen LogP contribution is 2.44. The molecule has 1 amide bonds. The minimum Gasteiger partial charge on any atom is -0.487 e. The van der Waals surface area contributed by atoms with Crippen molar-refractivity contribution in [3.63, 3.8) is 0 Å². The number of fused-ring (bicyclic) bond motifs is 1. The van der Waals surface area contributed by atoms with Crippen molar-refractivity contribution in [3.8, 4) is 11.5 Å². The fourth-order valence-corrected chi connectivity index (χ4v) is 3.79. The van der Waals surface area contributed by atoms with Crippen molar-refractivity contribution < 1.29 is 19.4 Å². The van der Waals surface area contributed by atoms with Crippen LogP contribution in [0.25, 0.3) is 0 Å². The Labute approximate surface area is 149 Å². The Hall–Kier alpha value is -1.75. The molecule has 1 atom stereocenters. The molecule has 2 N–H and O–H groups in total. The Morgan fingerprint density at radius 3 is 2.76 bits per heavy atom. The Bertz CT molecular complexity index is 620. The molecule has 1 aromatic rings. The first-order valence-corrected chi connectivity index (χ1v) is 9.26. The summed E-state index contributed by atoms with van der Waals surface area (Å²) in [6, 6.07) is 5.68. The van der Waals surface area contributed by atoms with Gasteiger partial charge in [-0.05, 0) is 57.6 Å². The lowest BCUT2D eigenvalue weighted by atomic mass is 9.87. The van der Waals surface area contributed by atoms with Gasteiger partial charge in [-0.2, -0.15) is 0 Å². The lowest BCUT2D eigenvalue weighted by Gasteiger charge is -2.36. The van der Waals surface area contributed by atoms with Gasteiger partial charge in [0, 0.05) is 12.5 Å². The summed E-state index contributed by atoms with van der Waals surface area (Å²) in [5.41, 5.74) is 0.224. The highest BCUT2D eigenvalue weighted by molar-refractivity contribution is 5.78. The first-order valence-electron chi connectivity index (χ1n) is 9.26. The third kappa shape index (κ3) is 4.46. The molecule has 5 nitrogen and oxygen atoms in total. The first-order chi connectivity index (χ1) is 11.8. The van der Waals surface area contributed by atoms with Gasteiger partial charge in [-0.15, -0.1) is 0 Å². The van der Waals surface area contributed by atoms with E-state index in [4.69, 9.17) is 9.47 Å². The van der Waals surface area contributed by atoms with Gasteiger partial charge in [-0.25, -0.2) is 0 Å². The van der Waals surface area contributed by atoms with Crippen molar-refractivity contribution >= 4 is 5.91 Å². The van der Waals surface area contributed by atoms with Gasteiger partial charge in [0.25, 0.3) is 5.91 Å². The monoisotopic (exact) mass is 347 g/mol. The maximum absolute atomic E-state index is 12.2. The zero-order chi connectivity index (χ0) is 18.0. The molecule has 0 bridgehead atoms. The molecule has 138 valence electrons. The zero-order valence-electron chi connectivity index (χ0n) is 15.4. The quantitative estimate of drug-likeness (QED) is 0.876. The minimum atomic E-state index is -0.655. The van der Waals surface area contributed by atoms with Gasteiger partial charge in [0.05, 0.1) is 11.7 Å². The summed E-state index contributed by atoms with van der Waals surface area (Å²) in [6.07, 6.45) is 4.24. The molecule has 3 rings (SSSR count). The van der Waals surface area contributed by atoms with E-state index >= 15 is 0 Å². The molecule has 1 heterocycles. The second kappa shape index (κ2) is 7.24. The number of benzene rings is 1. The van der Waals surface area contributed by atoms with Crippen molar-refractivity contribution in [3.05, 3.63) is 23.8 Å². The summed E-state index contributed by atoms with van der Waals surface area (Å²) >= 11 is 0. The fraction of sp³-hybridized carbons (Fsp3) is 0.650. The molecular weight excluding hydrogens is 318 g/mol. The van der Waals surface area contributed by atoms with E-state index in [1.165, 1.54) is 0 Å². The highest BCUT2D eigenvalue weighted by Gasteiger charge is 2.35. The third-order valence-electron chi connectivity index (χ3n) is 5.17. The van der Waals surface area contributed by atoms with Gasteiger partial charge in [0.15, 0.2) is 6.61 Å². The lowest BCUT2D eigenvalue weighted by molar-refractivity contribution is -0.124. The van der Waals surface area contributed by atoms with E-state index in [9.17, 15) is 9.90 Å². The second-order valence-electron chi connectivity index (χ2n) is 8.06. The van der Waals surface area contributed by atoms with E-state index in [1.54, 1.807) is 6.07 Å². The largest absolute Gasteiger partial charge is 0.487 e. The molecule has 1 aliphatic carbocycles. The number of ether oxygens (including phenoxy) is 2. The van der Waals surface area contributed by atoms with Crippen LogP contribution in [0.3, 0.4) is 0 Å². The smallest absolute Gasteiger partial charge is 0.258 e. The van der Waals surface area contributed by atoms with E-state index in [2.05, 4.69) is 12.2 Å². The minimum absolute atomic E-state index is 0.0430. The van der Waals surface area contributed by atoms with Crippen LogP contribution in [0.4, 0.5) is 0 Å². The van der Waals surface area contributed by atoms with Crippen molar-refractivity contribution in [1.29, 1.82) is 0 Å². The van der Waals surface area contributed by atoms with Crippen molar-refractivity contribution in [2.24, 2.45) is 5.92 Å². The summed E-state index contributed by atoms with van der Waals surface area (Å²) in [5, 5.41) is 13.5. The summed E-state index contributed by atoms with van der Waals surface area (Å²) < 4.78 is 11.6. The van der Waals surface area contributed by atoms with Crippen LogP contribution in [0, 0.1) is 5.92 Å². The van der Waals surface area contributed by atoms with E-state index in [0.29, 0.717) is 23.5 Å². The van der Waals surface area contributed by atoms with E-state index in [-0.39, 0.29) is 18.6 Å². The third-order valence-corrected chi connectivity index (χ3v) is 5.17. The number of rotatable bonds is 4. The Morgan fingerprint density at radius 1 is 1.32 bits per heavy atom. The first kappa shape index (κ1) is 18.1. The van der Waals surface area contributed by atoms with E-state index in [1.807, 2.05) is 26.0 Å².